The first-order valence-electron chi connectivity index (χ1n) is 9.05. The predicted octanol–water partition coefficient (Wildman–Crippen LogP) is 2.41. The molecule has 8 nitrogen and oxygen atoms in total. The molecule has 1 aliphatic heterocycles. The third-order valence-corrected chi connectivity index (χ3v) is 6.65. The Kier molecular flexibility index (Phi) is 7.09. The van der Waals surface area contributed by atoms with Gasteiger partial charge in [-0.3, -0.25) is 4.79 Å². The van der Waals surface area contributed by atoms with Crippen LogP contribution in [0.2, 0.25) is 5.02 Å². The van der Waals surface area contributed by atoms with Gasteiger partial charge < -0.3 is 14.2 Å². The number of sulfonamides is 1. The Morgan fingerprint density at radius 2 is 1.77 bits per heavy atom. The minimum atomic E-state index is -3.65. The van der Waals surface area contributed by atoms with Gasteiger partial charge in [-0.2, -0.15) is 4.31 Å². The summed E-state index contributed by atoms with van der Waals surface area (Å²) in [4.78, 5) is 24.7. The van der Waals surface area contributed by atoms with Crippen molar-refractivity contribution < 1.29 is 32.2 Å². The summed E-state index contributed by atoms with van der Waals surface area (Å²) in [6.07, 6.45) is 0. The Morgan fingerprint density at radius 1 is 1.10 bits per heavy atom. The van der Waals surface area contributed by atoms with Gasteiger partial charge in [0.15, 0.2) is 12.4 Å². The monoisotopic (exact) mass is 453 g/mol. The van der Waals surface area contributed by atoms with Crippen LogP contribution in [0.15, 0.2) is 47.4 Å². The Bertz CT molecular complexity index is 1030. The van der Waals surface area contributed by atoms with Crippen LogP contribution < -0.4 is 4.74 Å². The number of nitrogens with zero attached hydrogens (tertiary/aromatic N) is 1. The van der Waals surface area contributed by atoms with Gasteiger partial charge in [0, 0.05) is 23.7 Å². The quantitative estimate of drug-likeness (QED) is 0.469. The van der Waals surface area contributed by atoms with Gasteiger partial charge in [0.1, 0.15) is 11.3 Å². The third-order valence-electron chi connectivity index (χ3n) is 4.50. The van der Waals surface area contributed by atoms with E-state index in [1.54, 1.807) is 6.07 Å². The highest BCUT2D eigenvalue weighted by molar-refractivity contribution is 7.89. The lowest BCUT2D eigenvalue weighted by molar-refractivity contribution is 0.0471. The zero-order valence-corrected chi connectivity index (χ0v) is 17.7. The van der Waals surface area contributed by atoms with Crippen LogP contribution in [0.1, 0.15) is 20.7 Å². The highest BCUT2D eigenvalue weighted by Crippen LogP contribution is 2.23. The van der Waals surface area contributed by atoms with Gasteiger partial charge >= 0.3 is 5.97 Å². The molecule has 1 fully saturated rings. The SMILES string of the molecule is COc1ccc(Cl)cc1C(=O)OCC(=O)c1ccc(S(=O)(=O)N2CCOCC2)cc1. The smallest absolute Gasteiger partial charge is 0.342 e. The van der Waals surface area contributed by atoms with Crippen molar-refractivity contribution in [3.63, 3.8) is 0 Å². The van der Waals surface area contributed by atoms with Crippen molar-refractivity contribution in [3.8, 4) is 5.75 Å². The molecule has 0 spiro atoms. The molecule has 0 bridgehead atoms. The number of carbonyl (C=O) groups is 2. The van der Waals surface area contributed by atoms with E-state index in [9.17, 15) is 18.0 Å². The van der Waals surface area contributed by atoms with Crippen LogP contribution in [-0.2, 0) is 19.5 Å². The van der Waals surface area contributed by atoms with Gasteiger partial charge in [-0.05, 0) is 42.5 Å². The molecule has 0 radical (unpaired) electrons. The molecule has 30 heavy (non-hydrogen) atoms. The summed E-state index contributed by atoms with van der Waals surface area (Å²) in [6.45, 7) is 0.749. The summed E-state index contributed by atoms with van der Waals surface area (Å²) in [7, 11) is -2.25. The van der Waals surface area contributed by atoms with Crippen LogP contribution in [0, 0.1) is 0 Å². The molecule has 0 N–H and O–H groups in total. The maximum atomic E-state index is 12.6. The number of ether oxygens (including phenoxy) is 3. The largest absolute Gasteiger partial charge is 0.496 e. The van der Waals surface area contributed by atoms with E-state index in [2.05, 4.69) is 0 Å². The van der Waals surface area contributed by atoms with Gasteiger partial charge in [-0.1, -0.05) is 11.6 Å². The Hall–Kier alpha value is -2.46. The summed E-state index contributed by atoms with van der Waals surface area (Å²) < 4.78 is 41.9. The van der Waals surface area contributed by atoms with Gasteiger partial charge in [-0.15, -0.1) is 0 Å². The number of Topliss-reactive ketones (excluding diaryl/α,β-unsaturated/α-hetero) is 1. The number of hydrogen-bond donors (Lipinski definition) is 0. The van der Waals surface area contributed by atoms with E-state index >= 15 is 0 Å². The number of methoxy groups -OCH3 is 1. The standard InChI is InChI=1S/C20H20ClNO7S/c1-27-19-7-4-15(21)12-17(19)20(24)29-13-18(23)14-2-5-16(6-3-14)30(25,26)22-8-10-28-11-9-22/h2-7,12H,8-11,13H2,1H3. The predicted molar refractivity (Wildman–Crippen MR) is 109 cm³/mol. The van der Waals surface area contributed by atoms with E-state index in [0.717, 1.165) is 0 Å². The number of carbonyl (C=O) groups excluding carboxylic acids is 2. The van der Waals surface area contributed by atoms with Crippen molar-refractivity contribution >= 4 is 33.4 Å². The lowest BCUT2D eigenvalue weighted by Crippen LogP contribution is -2.40. The first-order chi connectivity index (χ1) is 14.3. The van der Waals surface area contributed by atoms with Gasteiger partial charge in [0.2, 0.25) is 10.0 Å². The minimum absolute atomic E-state index is 0.0848. The molecule has 160 valence electrons. The van der Waals surface area contributed by atoms with Crippen LogP contribution in [0.4, 0.5) is 0 Å². The molecule has 0 saturated carbocycles. The van der Waals surface area contributed by atoms with E-state index in [-0.39, 0.29) is 34.9 Å². The molecule has 1 saturated heterocycles. The van der Waals surface area contributed by atoms with Crippen LogP contribution in [0.5, 0.6) is 5.75 Å². The first kappa shape index (κ1) is 22.2. The second-order valence-corrected chi connectivity index (χ2v) is 8.76. The summed E-state index contributed by atoms with van der Waals surface area (Å²) in [5.41, 5.74) is 0.325. The lowest BCUT2D eigenvalue weighted by atomic mass is 10.1. The van der Waals surface area contributed by atoms with Gasteiger partial charge in [-0.25, -0.2) is 13.2 Å². The molecule has 0 aliphatic carbocycles. The van der Waals surface area contributed by atoms with Crippen LogP contribution >= 0.6 is 11.6 Å². The number of rotatable bonds is 7. The molecule has 2 aromatic rings. The second-order valence-electron chi connectivity index (χ2n) is 6.38. The van der Waals surface area contributed by atoms with E-state index in [1.165, 1.54) is 47.8 Å². The van der Waals surface area contributed by atoms with Gasteiger partial charge in [0.05, 0.1) is 25.2 Å². The van der Waals surface area contributed by atoms with Crippen molar-refractivity contribution in [2.45, 2.75) is 4.90 Å². The van der Waals surface area contributed by atoms with Crippen LogP contribution in [-0.4, -0.2) is 64.5 Å². The number of morpholine rings is 1. The summed E-state index contributed by atoms with van der Waals surface area (Å²) in [6, 6.07) is 9.98. The van der Waals surface area contributed by atoms with Crippen molar-refractivity contribution in [1.29, 1.82) is 0 Å². The summed E-state index contributed by atoms with van der Waals surface area (Å²) in [5, 5.41) is 0.325. The van der Waals surface area contributed by atoms with Crippen molar-refractivity contribution in [3.05, 3.63) is 58.6 Å². The van der Waals surface area contributed by atoms with E-state index in [1.807, 2.05) is 0 Å². The molecule has 3 rings (SSSR count). The molecule has 1 heterocycles. The average molecular weight is 454 g/mol. The van der Waals surface area contributed by atoms with Crippen LogP contribution in [0.3, 0.4) is 0 Å². The molecule has 1 aliphatic rings. The molecule has 10 heteroatoms. The van der Waals surface area contributed by atoms with E-state index in [4.69, 9.17) is 25.8 Å². The van der Waals surface area contributed by atoms with E-state index in [0.29, 0.717) is 18.2 Å². The zero-order chi connectivity index (χ0) is 21.7. The maximum absolute atomic E-state index is 12.6. The molecule has 2 aromatic carbocycles. The molecular weight excluding hydrogens is 434 g/mol. The van der Waals surface area contributed by atoms with Crippen molar-refractivity contribution in [2.24, 2.45) is 0 Å². The fourth-order valence-corrected chi connectivity index (χ4v) is 4.46. The molecule has 0 atom stereocenters. The fourth-order valence-electron chi connectivity index (χ4n) is 2.88. The Morgan fingerprint density at radius 3 is 2.40 bits per heavy atom. The van der Waals surface area contributed by atoms with Crippen molar-refractivity contribution in [2.75, 3.05) is 40.0 Å². The number of esters is 1. The van der Waals surface area contributed by atoms with E-state index < -0.39 is 28.4 Å². The molecule has 0 unspecified atom stereocenters. The average Bonchev–Trinajstić information content (AvgIpc) is 2.77. The maximum Gasteiger partial charge on any atom is 0.342 e. The van der Waals surface area contributed by atoms with Gasteiger partial charge in [0.25, 0.3) is 0 Å². The number of hydrogen-bond acceptors (Lipinski definition) is 7. The molecule has 0 aromatic heterocycles. The fraction of sp³-hybridized carbons (Fsp3) is 0.300. The summed E-state index contributed by atoms with van der Waals surface area (Å²) >= 11 is 5.89. The summed E-state index contributed by atoms with van der Waals surface area (Å²) in [5.74, 6) is -0.955. The second kappa shape index (κ2) is 9.57. The number of benzene rings is 2. The topological polar surface area (TPSA) is 99.2 Å². The lowest BCUT2D eigenvalue weighted by Gasteiger charge is -2.26. The molecule has 0 amide bonds. The van der Waals surface area contributed by atoms with Crippen LogP contribution in [0.25, 0.3) is 0 Å². The van der Waals surface area contributed by atoms with Crippen molar-refractivity contribution in [1.82, 2.24) is 4.31 Å². The Labute approximate surface area is 179 Å². The number of ketones is 1. The number of halogens is 1. The molecular formula is C20H20ClNO7S. The zero-order valence-electron chi connectivity index (χ0n) is 16.2. The first-order valence-corrected chi connectivity index (χ1v) is 10.9. The Balaban J connectivity index is 1.65. The normalized spacial score (nSPS) is 14.9. The minimum Gasteiger partial charge on any atom is -0.496 e. The highest BCUT2D eigenvalue weighted by Gasteiger charge is 2.26. The highest BCUT2D eigenvalue weighted by atomic mass is 35.5. The third kappa shape index (κ3) is 4.99.